The normalized spacial score (nSPS) is 11.8. The molecule has 114 valence electrons. The summed E-state index contributed by atoms with van der Waals surface area (Å²) in [6.45, 7) is 0. The highest BCUT2D eigenvalue weighted by atomic mass is 16.4. The molecule has 0 unspecified atom stereocenters. The minimum absolute atomic E-state index is 0.0933. The zero-order valence-corrected chi connectivity index (χ0v) is 10.9. The van der Waals surface area contributed by atoms with Crippen molar-refractivity contribution in [1.29, 1.82) is 0 Å². The van der Waals surface area contributed by atoms with Gasteiger partial charge in [0.05, 0.1) is 0 Å². The van der Waals surface area contributed by atoms with Crippen LogP contribution in [-0.4, -0.2) is 43.9 Å². The molecule has 1 aromatic rings. The number of carboxylic acid groups (broad SMARTS) is 2. The fourth-order valence-corrected chi connectivity index (χ4v) is 1.35. The first-order chi connectivity index (χ1) is 10.2. The number of hydrogen-bond donors (Lipinski definition) is 4. The summed E-state index contributed by atoms with van der Waals surface area (Å²) < 4.78 is 0. The Kier molecular flexibility index (Phi) is 5.17. The van der Waals surface area contributed by atoms with Crippen molar-refractivity contribution in [2.24, 2.45) is 0 Å². The van der Waals surface area contributed by atoms with Crippen LogP contribution < -0.4 is 0 Å². The van der Waals surface area contributed by atoms with Crippen molar-refractivity contribution in [3.8, 4) is 0 Å². The molecule has 0 spiro atoms. The molecule has 0 atom stereocenters. The van der Waals surface area contributed by atoms with Crippen molar-refractivity contribution in [1.82, 2.24) is 0 Å². The molecule has 0 amide bonds. The van der Waals surface area contributed by atoms with Gasteiger partial charge >= 0.3 is 11.9 Å². The van der Waals surface area contributed by atoms with Gasteiger partial charge in [0.1, 0.15) is 11.5 Å². The summed E-state index contributed by atoms with van der Waals surface area (Å²) in [6.07, 6.45) is 1.03. The second-order valence-corrected chi connectivity index (χ2v) is 3.98. The van der Waals surface area contributed by atoms with Gasteiger partial charge in [0, 0.05) is 23.3 Å². The van der Waals surface area contributed by atoms with Crippen molar-refractivity contribution >= 4 is 35.0 Å². The van der Waals surface area contributed by atoms with E-state index in [1.54, 1.807) is 0 Å². The van der Waals surface area contributed by atoms with Gasteiger partial charge < -0.3 is 20.4 Å². The number of carbonyl (C=O) groups is 4. The molecule has 0 aliphatic rings. The first-order valence-corrected chi connectivity index (χ1v) is 5.69. The Morgan fingerprint density at radius 2 is 0.909 bits per heavy atom. The minimum atomic E-state index is -1.73. The molecule has 22 heavy (non-hydrogen) atoms. The topological polar surface area (TPSA) is 149 Å². The fraction of sp³-hybridized carbons (Fsp3) is 0. The van der Waals surface area contributed by atoms with E-state index in [-0.39, 0.29) is 11.1 Å². The van der Waals surface area contributed by atoms with Crippen molar-refractivity contribution in [2.45, 2.75) is 0 Å². The van der Waals surface area contributed by atoms with Gasteiger partial charge in [-0.1, -0.05) is 24.3 Å². The van der Waals surface area contributed by atoms with Gasteiger partial charge in [0.25, 0.3) is 11.6 Å². The standard InChI is InChI=1S/C14H10O8/c15-9(5-11(17)13(19)20)7-1-2-8(4-3-7)10(16)6-12(18)14(21)22/h1-6,15-16H,(H,19,20)(H,21,22). The van der Waals surface area contributed by atoms with Crippen LogP contribution in [0.5, 0.6) is 0 Å². The average molecular weight is 306 g/mol. The van der Waals surface area contributed by atoms with Crippen LogP contribution >= 0.6 is 0 Å². The predicted octanol–water partition coefficient (Wildman–Crippen LogP) is 0.792. The predicted molar refractivity (Wildman–Crippen MR) is 72.9 cm³/mol. The maximum Gasteiger partial charge on any atom is 0.376 e. The molecule has 0 fully saturated rings. The third-order valence-corrected chi connectivity index (χ3v) is 2.43. The number of carbonyl (C=O) groups excluding carboxylic acids is 2. The van der Waals surface area contributed by atoms with Gasteiger partial charge in [-0.15, -0.1) is 0 Å². The summed E-state index contributed by atoms with van der Waals surface area (Å²) in [6, 6.07) is 4.97. The van der Waals surface area contributed by atoms with E-state index in [9.17, 15) is 29.4 Å². The molecule has 0 saturated carbocycles. The molecule has 8 heteroatoms. The van der Waals surface area contributed by atoms with Crippen LogP contribution in [0.1, 0.15) is 11.1 Å². The molecule has 8 nitrogen and oxygen atoms in total. The highest BCUT2D eigenvalue weighted by molar-refractivity contribution is 6.39. The summed E-state index contributed by atoms with van der Waals surface area (Å²) in [4.78, 5) is 42.5. The summed E-state index contributed by atoms with van der Waals surface area (Å²) in [5.41, 5.74) is 0.187. The largest absolute Gasteiger partial charge is 0.507 e. The molecule has 0 heterocycles. The van der Waals surface area contributed by atoms with Crippen molar-refractivity contribution < 1.29 is 39.6 Å². The molecule has 0 aliphatic heterocycles. The lowest BCUT2D eigenvalue weighted by atomic mass is 10.1. The van der Waals surface area contributed by atoms with Gasteiger partial charge in [-0.25, -0.2) is 9.59 Å². The summed E-state index contributed by atoms with van der Waals surface area (Å²) in [5, 5.41) is 35.9. The van der Waals surface area contributed by atoms with Crippen LogP contribution in [-0.2, 0) is 19.2 Å². The van der Waals surface area contributed by atoms with E-state index in [2.05, 4.69) is 0 Å². The van der Waals surface area contributed by atoms with E-state index in [0.717, 1.165) is 0 Å². The SMILES string of the molecule is O=C(O)C(=O)C=C(O)c1ccc(C(O)=CC(=O)C(=O)O)cc1. The molecule has 1 aromatic carbocycles. The Labute approximate surface area is 123 Å². The highest BCUT2D eigenvalue weighted by Gasteiger charge is 2.12. The molecule has 0 bridgehead atoms. The van der Waals surface area contributed by atoms with Crippen LogP contribution in [0.3, 0.4) is 0 Å². The molecular weight excluding hydrogens is 296 g/mol. The van der Waals surface area contributed by atoms with Crippen molar-refractivity contribution in [3.63, 3.8) is 0 Å². The number of ketones is 2. The zero-order chi connectivity index (χ0) is 16.9. The van der Waals surface area contributed by atoms with Crippen LogP contribution in [0.15, 0.2) is 36.4 Å². The lowest BCUT2D eigenvalue weighted by Crippen LogP contribution is -2.09. The van der Waals surface area contributed by atoms with Crippen LogP contribution in [0.4, 0.5) is 0 Å². The quantitative estimate of drug-likeness (QED) is 0.342. The second kappa shape index (κ2) is 6.84. The molecule has 1 rings (SSSR count). The third kappa shape index (κ3) is 4.30. The number of rotatable bonds is 6. The number of aliphatic hydroxyl groups is 2. The smallest absolute Gasteiger partial charge is 0.376 e. The number of benzene rings is 1. The molecular formula is C14H10O8. The second-order valence-electron chi connectivity index (χ2n) is 3.98. The van der Waals surface area contributed by atoms with E-state index >= 15 is 0 Å². The van der Waals surface area contributed by atoms with Crippen LogP contribution in [0.2, 0.25) is 0 Å². The van der Waals surface area contributed by atoms with E-state index in [1.807, 2.05) is 0 Å². The van der Waals surface area contributed by atoms with Gasteiger partial charge in [-0.05, 0) is 0 Å². The molecule has 0 aliphatic carbocycles. The first-order valence-electron chi connectivity index (χ1n) is 5.69. The monoisotopic (exact) mass is 306 g/mol. The lowest BCUT2D eigenvalue weighted by molar-refractivity contribution is -0.146. The van der Waals surface area contributed by atoms with Gasteiger partial charge in [-0.2, -0.15) is 0 Å². The van der Waals surface area contributed by atoms with E-state index in [1.165, 1.54) is 24.3 Å². The number of carboxylic acids is 2. The Morgan fingerprint density at radius 3 is 1.14 bits per heavy atom. The van der Waals surface area contributed by atoms with Gasteiger partial charge in [-0.3, -0.25) is 9.59 Å². The van der Waals surface area contributed by atoms with Crippen molar-refractivity contribution in [2.75, 3.05) is 0 Å². The summed E-state index contributed by atoms with van der Waals surface area (Å²) in [7, 11) is 0. The first kappa shape index (κ1) is 16.6. The van der Waals surface area contributed by atoms with E-state index in [0.29, 0.717) is 12.2 Å². The molecule has 0 aromatic heterocycles. The van der Waals surface area contributed by atoms with Gasteiger partial charge in [0.15, 0.2) is 0 Å². The van der Waals surface area contributed by atoms with E-state index in [4.69, 9.17) is 10.2 Å². The summed E-state index contributed by atoms with van der Waals surface area (Å²) >= 11 is 0. The Bertz CT molecular complexity index is 633. The average Bonchev–Trinajstić information content (AvgIpc) is 2.46. The lowest BCUT2D eigenvalue weighted by Gasteiger charge is -2.03. The summed E-state index contributed by atoms with van der Waals surface area (Å²) in [5.74, 6) is -7.26. The van der Waals surface area contributed by atoms with Gasteiger partial charge in [0.2, 0.25) is 0 Å². The fourth-order valence-electron chi connectivity index (χ4n) is 1.35. The highest BCUT2D eigenvalue weighted by Crippen LogP contribution is 2.17. The molecule has 0 radical (unpaired) electrons. The number of aliphatic hydroxyl groups excluding tert-OH is 2. The van der Waals surface area contributed by atoms with E-state index < -0.39 is 35.0 Å². The molecule has 4 N–H and O–H groups in total. The third-order valence-electron chi connectivity index (χ3n) is 2.43. The number of aliphatic carboxylic acids is 2. The molecule has 0 saturated heterocycles. The van der Waals surface area contributed by atoms with Crippen LogP contribution in [0.25, 0.3) is 11.5 Å². The minimum Gasteiger partial charge on any atom is -0.507 e. The Balaban J connectivity index is 3.00. The zero-order valence-electron chi connectivity index (χ0n) is 10.9. The Morgan fingerprint density at radius 1 is 0.636 bits per heavy atom. The van der Waals surface area contributed by atoms with Crippen LogP contribution in [0, 0.1) is 0 Å². The Hall–Kier alpha value is -3.42. The maximum absolute atomic E-state index is 10.9. The van der Waals surface area contributed by atoms with Crippen molar-refractivity contribution in [3.05, 3.63) is 47.5 Å². The maximum atomic E-state index is 10.9. The number of hydrogen-bond acceptors (Lipinski definition) is 6.